The van der Waals surface area contributed by atoms with E-state index in [1.807, 2.05) is 67.9 Å². The van der Waals surface area contributed by atoms with Crippen LogP contribution in [-0.2, 0) is 14.2 Å². The van der Waals surface area contributed by atoms with Crippen molar-refractivity contribution in [1.82, 2.24) is 19.5 Å². The molecule has 0 aliphatic carbocycles. The molecule has 3 aromatic heterocycles. The van der Waals surface area contributed by atoms with Gasteiger partial charge in [0.1, 0.15) is 47.3 Å². The van der Waals surface area contributed by atoms with Crippen LogP contribution in [-0.4, -0.2) is 49.7 Å². The Kier molecular flexibility index (Phi) is 4.64. The zero-order valence-corrected chi connectivity index (χ0v) is 19.2. The highest BCUT2D eigenvalue weighted by Gasteiger charge is 2.64. The van der Waals surface area contributed by atoms with Crippen molar-refractivity contribution in [2.75, 3.05) is 6.61 Å². The number of nitrogens with zero attached hydrogens (tertiary/aromatic N) is 4. The molecule has 0 amide bonds. The monoisotopic (exact) mass is 466 g/mol. The lowest BCUT2D eigenvalue weighted by atomic mass is 9.95. The number of benzene rings is 1. The van der Waals surface area contributed by atoms with Crippen LogP contribution in [0.15, 0.2) is 55.1 Å². The average molecular weight is 467 g/mol. The lowest BCUT2D eigenvalue weighted by Crippen LogP contribution is -2.46. The molecule has 8 nitrogen and oxygen atoms in total. The Hall–Kier alpha value is -2.78. The lowest BCUT2D eigenvalue weighted by molar-refractivity contribution is -0.213. The highest BCUT2D eigenvalue weighted by atomic mass is 35.5. The van der Waals surface area contributed by atoms with Crippen LogP contribution < -0.4 is 4.74 Å². The summed E-state index contributed by atoms with van der Waals surface area (Å²) in [5.41, 5.74) is 0.829. The van der Waals surface area contributed by atoms with Crippen molar-refractivity contribution in [3.63, 3.8) is 0 Å². The molecule has 4 aromatic rings. The Morgan fingerprint density at radius 1 is 1.12 bits per heavy atom. The van der Waals surface area contributed by atoms with Crippen molar-refractivity contribution in [1.29, 1.82) is 0 Å². The molecule has 0 radical (unpaired) electrons. The summed E-state index contributed by atoms with van der Waals surface area (Å²) >= 11 is 6.26. The molecule has 4 atom stereocenters. The van der Waals surface area contributed by atoms with Gasteiger partial charge in [0.25, 0.3) is 0 Å². The summed E-state index contributed by atoms with van der Waals surface area (Å²) < 4.78 is 27.3. The number of ether oxygens (including phenoxy) is 4. The Labute approximate surface area is 195 Å². The summed E-state index contributed by atoms with van der Waals surface area (Å²) in [6.45, 7) is 6.12. The zero-order valence-electron chi connectivity index (χ0n) is 18.4. The van der Waals surface area contributed by atoms with E-state index >= 15 is 0 Å². The summed E-state index contributed by atoms with van der Waals surface area (Å²) in [5.74, 6) is -0.0418. The van der Waals surface area contributed by atoms with E-state index in [0.717, 1.165) is 22.0 Å². The van der Waals surface area contributed by atoms with Gasteiger partial charge in [0.2, 0.25) is 0 Å². The molecule has 0 saturated carbocycles. The van der Waals surface area contributed by atoms with E-state index in [9.17, 15) is 0 Å². The van der Waals surface area contributed by atoms with Crippen LogP contribution in [0.2, 0.25) is 5.15 Å². The molecule has 170 valence electrons. The van der Waals surface area contributed by atoms with Crippen LogP contribution in [0, 0.1) is 0 Å². The molecule has 6 rings (SSSR count). The molecule has 0 unspecified atom stereocenters. The van der Waals surface area contributed by atoms with Crippen molar-refractivity contribution in [2.24, 2.45) is 0 Å². The Morgan fingerprint density at radius 2 is 2.00 bits per heavy atom. The van der Waals surface area contributed by atoms with Crippen LogP contribution >= 0.6 is 11.6 Å². The number of rotatable bonds is 4. The molecule has 0 N–H and O–H groups in total. The molecule has 2 saturated heterocycles. The third-order valence-corrected chi connectivity index (χ3v) is 6.66. The molecular formula is C24H23ClN4O4. The van der Waals surface area contributed by atoms with Crippen LogP contribution in [0.5, 0.6) is 5.75 Å². The fourth-order valence-electron chi connectivity index (χ4n) is 4.87. The van der Waals surface area contributed by atoms with E-state index in [2.05, 4.69) is 15.0 Å². The molecule has 0 bridgehead atoms. The summed E-state index contributed by atoms with van der Waals surface area (Å²) in [4.78, 5) is 12.9. The van der Waals surface area contributed by atoms with E-state index in [1.54, 1.807) is 6.20 Å². The van der Waals surface area contributed by atoms with Crippen LogP contribution in [0.25, 0.3) is 21.9 Å². The third-order valence-electron chi connectivity index (χ3n) is 6.36. The van der Waals surface area contributed by atoms with E-state index < -0.39 is 17.6 Å². The molecule has 2 aliphatic heterocycles. The van der Waals surface area contributed by atoms with Gasteiger partial charge in [0, 0.05) is 23.8 Å². The van der Waals surface area contributed by atoms with Gasteiger partial charge >= 0.3 is 0 Å². The fourth-order valence-corrected chi connectivity index (χ4v) is 5.06. The van der Waals surface area contributed by atoms with Gasteiger partial charge in [-0.1, -0.05) is 17.7 Å². The first kappa shape index (κ1) is 20.8. The highest BCUT2D eigenvalue weighted by Crippen LogP contribution is 2.50. The zero-order chi connectivity index (χ0) is 22.8. The third kappa shape index (κ3) is 3.36. The minimum absolute atomic E-state index is 0.288. The van der Waals surface area contributed by atoms with Gasteiger partial charge in [-0.3, -0.25) is 4.98 Å². The van der Waals surface area contributed by atoms with Crippen molar-refractivity contribution < 1.29 is 18.9 Å². The summed E-state index contributed by atoms with van der Waals surface area (Å²) in [6, 6.07) is 11.7. The quantitative estimate of drug-likeness (QED) is 0.409. The highest BCUT2D eigenvalue weighted by molar-refractivity contribution is 6.33. The minimum Gasteiger partial charge on any atom is -0.491 e. The predicted octanol–water partition coefficient (Wildman–Crippen LogP) is 4.52. The maximum atomic E-state index is 6.50. The summed E-state index contributed by atoms with van der Waals surface area (Å²) in [5, 5.41) is 2.21. The normalized spacial score (nSPS) is 28.4. The predicted molar refractivity (Wildman–Crippen MR) is 122 cm³/mol. The molecule has 2 fully saturated rings. The minimum atomic E-state index is -0.762. The second kappa shape index (κ2) is 7.36. The van der Waals surface area contributed by atoms with Crippen molar-refractivity contribution in [3.05, 3.63) is 60.3 Å². The van der Waals surface area contributed by atoms with Crippen molar-refractivity contribution in [2.45, 2.75) is 50.6 Å². The second-order valence-electron chi connectivity index (χ2n) is 9.03. The summed E-state index contributed by atoms with van der Waals surface area (Å²) in [6.07, 6.45) is 3.88. The van der Waals surface area contributed by atoms with E-state index in [-0.39, 0.29) is 18.8 Å². The molecule has 5 heterocycles. The van der Waals surface area contributed by atoms with Gasteiger partial charge in [-0.25, -0.2) is 9.97 Å². The molecular weight excluding hydrogens is 444 g/mol. The van der Waals surface area contributed by atoms with Crippen LogP contribution in [0.1, 0.15) is 27.0 Å². The smallest absolute Gasteiger partial charge is 0.165 e. The van der Waals surface area contributed by atoms with Crippen molar-refractivity contribution in [3.8, 4) is 5.75 Å². The van der Waals surface area contributed by atoms with E-state index in [4.69, 9.17) is 30.5 Å². The number of hydrogen-bond acceptors (Lipinski definition) is 7. The van der Waals surface area contributed by atoms with E-state index in [0.29, 0.717) is 10.8 Å². The first-order valence-corrected chi connectivity index (χ1v) is 11.2. The van der Waals surface area contributed by atoms with Crippen molar-refractivity contribution >= 4 is 33.5 Å². The van der Waals surface area contributed by atoms with Crippen LogP contribution in [0.3, 0.4) is 0 Å². The average Bonchev–Trinajstić information content (AvgIpc) is 3.40. The topological polar surface area (TPSA) is 80.5 Å². The molecule has 1 aromatic carbocycles. The maximum Gasteiger partial charge on any atom is 0.165 e. The largest absolute Gasteiger partial charge is 0.491 e. The number of halogens is 1. The standard InChI is InChI=1S/C24H23ClN4O4/c1-23(2)32-19-22(29-10-8-16-20(25)27-13-28-21(16)29)31-18(24(19,3)33-23)12-30-15-7-6-14-5-4-9-26-17(14)11-15/h4-11,13,18-19,22H,12H2,1-3H3/t18-,19+,22-,24-/m1/s1. The Bertz CT molecular complexity index is 1360. The number of aromatic nitrogens is 4. The number of pyridine rings is 1. The Balaban J connectivity index is 1.31. The summed E-state index contributed by atoms with van der Waals surface area (Å²) in [7, 11) is 0. The SMILES string of the molecule is CC1(C)O[C@H]2[C@H](n3ccc4c(Cl)ncnc43)O[C@H](COc3ccc4cccnc4c3)[C@@]2(C)O1. The molecule has 9 heteroatoms. The molecule has 0 spiro atoms. The first-order valence-electron chi connectivity index (χ1n) is 10.8. The number of fused-ring (bicyclic) bond motifs is 3. The second-order valence-corrected chi connectivity index (χ2v) is 9.39. The maximum absolute atomic E-state index is 6.50. The van der Waals surface area contributed by atoms with Gasteiger partial charge < -0.3 is 23.5 Å². The first-order chi connectivity index (χ1) is 15.8. The number of hydrogen-bond donors (Lipinski definition) is 0. The fraction of sp³-hybridized carbons (Fsp3) is 0.375. The van der Waals surface area contributed by atoms with Gasteiger partial charge in [0.15, 0.2) is 12.0 Å². The van der Waals surface area contributed by atoms with Gasteiger partial charge in [-0.15, -0.1) is 0 Å². The van der Waals surface area contributed by atoms with Crippen LogP contribution in [0.4, 0.5) is 0 Å². The van der Waals surface area contributed by atoms with Gasteiger partial charge in [-0.2, -0.15) is 0 Å². The van der Waals surface area contributed by atoms with Gasteiger partial charge in [0.05, 0.1) is 10.9 Å². The Morgan fingerprint density at radius 3 is 2.88 bits per heavy atom. The lowest BCUT2D eigenvalue weighted by Gasteiger charge is -2.29. The molecule has 33 heavy (non-hydrogen) atoms. The molecule has 2 aliphatic rings. The van der Waals surface area contributed by atoms with E-state index in [1.165, 1.54) is 6.33 Å². The van der Waals surface area contributed by atoms with Gasteiger partial charge in [-0.05, 0) is 45.0 Å².